The van der Waals surface area contributed by atoms with Crippen LogP contribution in [0.5, 0.6) is 0 Å². The molecule has 0 saturated heterocycles. The summed E-state index contributed by atoms with van der Waals surface area (Å²) in [4.78, 5) is 1.40. The second-order valence-corrected chi connectivity index (χ2v) is 5.03. The molecule has 0 amide bonds. The smallest absolute Gasteiger partial charge is 0.00722 e. The third kappa shape index (κ3) is 3.03. The van der Waals surface area contributed by atoms with E-state index in [9.17, 15) is 0 Å². The summed E-state index contributed by atoms with van der Waals surface area (Å²) in [5, 5.41) is 0. The summed E-state index contributed by atoms with van der Waals surface area (Å²) in [5.74, 6) is 2.31. The van der Waals surface area contributed by atoms with Gasteiger partial charge in [0.1, 0.15) is 0 Å². The fourth-order valence-corrected chi connectivity index (χ4v) is 2.51. The molecule has 1 saturated carbocycles. The lowest BCUT2D eigenvalue weighted by molar-refractivity contribution is 0.966. The monoisotopic (exact) mass is 207 g/mol. The quantitative estimate of drug-likeness (QED) is 0.751. The molecule has 76 valence electrons. The van der Waals surface area contributed by atoms with Crippen molar-refractivity contribution in [2.75, 3.05) is 12.3 Å². The molecule has 0 atom stereocenters. The minimum Gasteiger partial charge on any atom is -0.330 e. The van der Waals surface area contributed by atoms with E-state index in [4.69, 9.17) is 5.73 Å². The highest BCUT2D eigenvalue weighted by atomic mass is 32.2. The Morgan fingerprint density at radius 3 is 2.50 bits per heavy atom. The maximum atomic E-state index is 5.50. The van der Waals surface area contributed by atoms with Crippen molar-refractivity contribution in [1.29, 1.82) is 0 Å². The van der Waals surface area contributed by atoms with Crippen molar-refractivity contribution in [3.63, 3.8) is 0 Å². The highest BCUT2D eigenvalue weighted by molar-refractivity contribution is 7.99. The molecule has 1 aliphatic rings. The van der Waals surface area contributed by atoms with Crippen LogP contribution in [0.4, 0.5) is 0 Å². The van der Waals surface area contributed by atoms with Crippen LogP contribution in [0.25, 0.3) is 0 Å². The van der Waals surface area contributed by atoms with Gasteiger partial charge in [-0.3, -0.25) is 0 Å². The second kappa shape index (κ2) is 4.85. The average Bonchev–Trinajstić information content (AvgIpc) is 3.01. The first-order chi connectivity index (χ1) is 6.88. The van der Waals surface area contributed by atoms with Gasteiger partial charge in [0.25, 0.3) is 0 Å². The summed E-state index contributed by atoms with van der Waals surface area (Å²) in [6, 6.07) is 8.83. The number of benzene rings is 1. The normalized spacial score (nSPS) is 15.8. The highest BCUT2D eigenvalue weighted by Crippen LogP contribution is 2.34. The summed E-state index contributed by atoms with van der Waals surface area (Å²) in [6.07, 6.45) is 3.88. The molecule has 1 aromatic carbocycles. The van der Waals surface area contributed by atoms with Gasteiger partial charge in [-0.05, 0) is 49.4 Å². The van der Waals surface area contributed by atoms with Gasteiger partial charge >= 0.3 is 0 Å². The minimum absolute atomic E-state index is 0.745. The molecule has 0 unspecified atom stereocenters. The summed E-state index contributed by atoms with van der Waals surface area (Å²) >= 11 is 1.99. The lowest BCUT2D eigenvalue weighted by atomic mass is 10.2. The van der Waals surface area contributed by atoms with Crippen molar-refractivity contribution < 1.29 is 0 Å². The zero-order chi connectivity index (χ0) is 9.80. The minimum atomic E-state index is 0.745. The molecule has 0 heterocycles. The van der Waals surface area contributed by atoms with E-state index in [0.29, 0.717) is 0 Å². The molecule has 0 bridgehead atoms. The van der Waals surface area contributed by atoms with Crippen molar-refractivity contribution in [3.05, 3.63) is 29.8 Å². The third-order valence-corrected chi connectivity index (χ3v) is 3.78. The number of hydrogen-bond acceptors (Lipinski definition) is 2. The first-order valence-electron chi connectivity index (χ1n) is 5.30. The summed E-state index contributed by atoms with van der Waals surface area (Å²) < 4.78 is 0. The molecular weight excluding hydrogens is 190 g/mol. The predicted octanol–water partition coefficient (Wildman–Crippen LogP) is 2.69. The van der Waals surface area contributed by atoms with E-state index >= 15 is 0 Å². The summed E-state index contributed by atoms with van der Waals surface area (Å²) in [6.45, 7) is 0.745. The van der Waals surface area contributed by atoms with Gasteiger partial charge in [-0.2, -0.15) is 0 Å². The van der Waals surface area contributed by atoms with Gasteiger partial charge in [-0.25, -0.2) is 0 Å². The van der Waals surface area contributed by atoms with Crippen LogP contribution in [0.15, 0.2) is 29.2 Å². The Morgan fingerprint density at radius 2 is 1.93 bits per heavy atom. The molecule has 2 N–H and O–H groups in total. The first-order valence-corrected chi connectivity index (χ1v) is 6.29. The van der Waals surface area contributed by atoms with Gasteiger partial charge in [-0.15, -0.1) is 11.8 Å². The Bertz CT molecular complexity index is 277. The van der Waals surface area contributed by atoms with Gasteiger partial charge in [0.05, 0.1) is 0 Å². The van der Waals surface area contributed by atoms with Gasteiger partial charge in [0, 0.05) is 10.6 Å². The Labute approximate surface area is 90.1 Å². The van der Waals surface area contributed by atoms with Crippen LogP contribution in [0.2, 0.25) is 0 Å². The van der Waals surface area contributed by atoms with Crippen LogP contribution in [-0.4, -0.2) is 12.3 Å². The fraction of sp³-hybridized carbons (Fsp3) is 0.500. The fourth-order valence-electron chi connectivity index (χ4n) is 1.42. The van der Waals surface area contributed by atoms with Crippen molar-refractivity contribution >= 4 is 11.8 Å². The van der Waals surface area contributed by atoms with Crippen LogP contribution >= 0.6 is 11.8 Å². The molecule has 1 nitrogen and oxygen atoms in total. The Balaban J connectivity index is 1.84. The number of thioether (sulfide) groups is 1. The molecule has 0 spiro atoms. The average molecular weight is 207 g/mol. The van der Waals surface area contributed by atoms with Crippen molar-refractivity contribution in [2.24, 2.45) is 11.7 Å². The molecule has 1 aliphatic carbocycles. The van der Waals surface area contributed by atoms with Gasteiger partial charge in [-0.1, -0.05) is 12.1 Å². The largest absolute Gasteiger partial charge is 0.330 e. The zero-order valence-electron chi connectivity index (χ0n) is 8.41. The van der Waals surface area contributed by atoms with E-state index in [1.165, 1.54) is 29.1 Å². The number of nitrogens with two attached hydrogens (primary N) is 1. The molecule has 2 heteroatoms. The molecule has 14 heavy (non-hydrogen) atoms. The maximum Gasteiger partial charge on any atom is 0.00722 e. The van der Waals surface area contributed by atoms with E-state index in [1.54, 1.807) is 0 Å². The standard InChI is InChI=1S/C12H17NS/c13-8-7-10-3-5-12(6-4-10)14-9-11-1-2-11/h3-6,11H,1-2,7-9,13H2. The van der Waals surface area contributed by atoms with E-state index in [0.717, 1.165) is 18.9 Å². The van der Waals surface area contributed by atoms with E-state index in [2.05, 4.69) is 24.3 Å². The zero-order valence-corrected chi connectivity index (χ0v) is 9.22. The van der Waals surface area contributed by atoms with Crippen molar-refractivity contribution in [1.82, 2.24) is 0 Å². The van der Waals surface area contributed by atoms with E-state index in [1.807, 2.05) is 11.8 Å². The lowest BCUT2D eigenvalue weighted by Crippen LogP contribution is -2.02. The number of rotatable bonds is 5. The first kappa shape index (κ1) is 10.1. The Morgan fingerprint density at radius 1 is 1.21 bits per heavy atom. The van der Waals surface area contributed by atoms with Crippen LogP contribution < -0.4 is 5.73 Å². The van der Waals surface area contributed by atoms with Crippen molar-refractivity contribution in [3.8, 4) is 0 Å². The van der Waals surface area contributed by atoms with Crippen LogP contribution in [-0.2, 0) is 6.42 Å². The summed E-state index contributed by atoms with van der Waals surface area (Å²) in [5.41, 5.74) is 6.85. The van der Waals surface area contributed by atoms with Crippen LogP contribution in [0.3, 0.4) is 0 Å². The van der Waals surface area contributed by atoms with Gasteiger partial charge < -0.3 is 5.73 Å². The molecule has 1 fully saturated rings. The molecule has 2 rings (SSSR count). The SMILES string of the molecule is NCCc1ccc(SCC2CC2)cc1. The molecule has 0 radical (unpaired) electrons. The topological polar surface area (TPSA) is 26.0 Å². The maximum absolute atomic E-state index is 5.50. The van der Waals surface area contributed by atoms with Crippen molar-refractivity contribution in [2.45, 2.75) is 24.2 Å². The molecule has 0 aromatic heterocycles. The third-order valence-electron chi connectivity index (χ3n) is 2.54. The molecular formula is C12H17NS. The van der Waals surface area contributed by atoms with Gasteiger partial charge in [0.15, 0.2) is 0 Å². The van der Waals surface area contributed by atoms with Crippen LogP contribution in [0, 0.1) is 5.92 Å². The second-order valence-electron chi connectivity index (χ2n) is 3.94. The molecule has 1 aromatic rings. The lowest BCUT2D eigenvalue weighted by Gasteiger charge is -2.02. The van der Waals surface area contributed by atoms with Crippen LogP contribution in [0.1, 0.15) is 18.4 Å². The molecule has 0 aliphatic heterocycles. The summed E-state index contributed by atoms with van der Waals surface area (Å²) in [7, 11) is 0. The Hall–Kier alpha value is -0.470. The van der Waals surface area contributed by atoms with E-state index < -0.39 is 0 Å². The van der Waals surface area contributed by atoms with E-state index in [-0.39, 0.29) is 0 Å². The predicted molar refractivity (Wildman–Crippen MR) is 62.6 cm³/mol. The van der Waals surface area contributed by atoms with Gasteiger partial charge in [0.2, 0.25) is 0 Å². The Kier molecular flexibility index (Phi) is 3.49. The number of hydrogen-bond donors (Lipinski definition) is 1. The highest BCUT2D eigenvalue weighted by Gasteiger charge is 2.20.